The van der Waals surface area contributed by atoms with Crippen molar-refractivity contribution in [1.29, 1.82) is 0 Å². The fourth-order valence-corrected chi connectivity index (χ4v) is 5.82. The van der Waals surface area contributed by atoms with Crippen molar-refractivity contribution < 1.29 is 4.79 Å². The molecule has 1 amide bonds. The van der Waals surface area contributed by atoms with E-state index in [9.17, 15) is 4.79 Å². The molecule has 0 aromatic heterocycles. The first-order valence-electron chi connectivity index (χ1n) is 8.17. The van der Waals surface area contributed by atoms with Crippen LogP contribution in [0.15, 0.2) is 0 Å². The average molecular weight is 282 g/mol. The Morgan fingerprint density at radius 2 is 1.84 bits per heavy atom. The Hall–Kier alpha value is -0.240. The van der Waals surface area contributed by atoms with E-state index in [1.807, 2.05) is 0 Å². The number of piperidine rings is 1. The predicted octanol–water partition coefficient (Wildman–Crippen LogP) is 3.29. The summed E-state index contributed by atoms with van der Waals surface area (Å²) < 4.78 is 0. The molecule has 1 aliphatic heterocycles. The molecule has 1 heterocycles. The van der Waals surface area contributed by atoms with Gasteiger partial charge < -0.3 is 4.90 Å². The van der Waals surface area contributed by atoms with Gasteiger partial charge >= 0.3 is 0 Å². The number of halogens is 1. The monoisotopic (exact) mass is 281 g/mol. The summed E-state index contributed by atoms with van der Waals surface area (Å²) >= 11 is 5.91. The van der Waals surface area contributed by atoms with Gasteiger partial charge in [-0.25, -0.2) is 0 Å². The van der Waals surface area contributed by atoms with Crippen LogP contribution in [0.1, 0.15) is 44.9 Å². The van der Waals surface area contributed by atoms with Crippen LogP contribution in [0, 0.1) is 29.6 Å². The molecule has 1 saturated heterocycles. The number of fused-ring (bicyclic) bond motifs is 5. The second-order valence-corrected chi connectivity index (χ2v) is 7.55. The fraction of sp³-hybridized carbons (Fsp3) is 0.938. The molecule has 5 atom stereocenters. The van der Waals surface area contributed by atoms with Crippen molar-refractivity contribution in [2.24, 2.45) is 29.6 Å². The van der Waals surface area contributed by atoms with E-state index in [4.69, 9.17) is 11.6 Å². The minimum absolute atomic E-state index is 0.419. The number of carbonyl (C=O) groups is 1. The van der Waals surface area contributed by atoms with Gasteiger partial charge in [0.05, 0.1) is 0 Å². The van der Waals surface area contributed by atoms with Gasteiger partial charge in [-0.1, -0.05) is 0 Å². The Morgan fingerprint density at radius 3 is 2.53 bits per heavy atom. The van der Waals surface area contributed by atoms with Crippen LogP contribution in [0.3, 0.4) is 0 Å². The van der Waals surface area contributed by atoms with Crippen molar-refractivity contribution in [3.8, 4) is 0 Å². The maximum atomic E-state index is 12.9. The molecule has 5 unspecified atom stereocenters. The van der Waals surface area contributed by atoms with Crippen LogP contribution in [0.5, 0.6) is 0 Å². The zero-order chi connectivity index (χ0) is 13.0. The number of rotatable bonds is 3. The second kappa shape index (κ2) is 4.65. The highest BCUT2D eigenvalue weighted by Crippen LogP contribution is 2.69. The van der Waals surface area contributed by atoms with Crippen molar-refractivity contribution in [1.82, 2.24) is 4.90 Å². The summed E-state index contributed by atoms with van der Waals surface area (Å²) in [7, 11) is 0. The first kappa shape index (κ1) is 12.5. The highest BCUT2D eigenvalue weighted by atomic mass is 35.5. The van der Waals surface area contributed by atoms with Gasteiger partial charge in [0.2, 0.25) is 5.91 Å². The van der Waals surface area contributed by atoms with Crippen LogP contribution in [-0.2, 0) is 4.79 Å². The topological polar surface area (TPSA) is 20.3 Å². The van der Waals surface area contributed by atoms with Crippen LogP contribution >= 0.6 is 11.6 Å². The predicted molar refractivity (Wildman–Crippen MR) is 76.0 cm³/mol. The van der Waals surface area contributed by atoms with Gasteiger partial charge in [-0.3, -0.25) is 4.79 Å². The first-order valence-corrected chi connectivity index (χ1v) is 8.71. The highest BCUT2D eigenvalue weighted by molar-refractivity contribution is 6.17. The minimum Gasteiger partial charge on any atom is -0.339 e. The SMILES string of the molecule is O=C(C1C2C3CCC(C3)C12)N1CCCCC1CCCl. The molecule has 4 rings (SSSR count). The number of alkyl halides is 1. The van der Waals surface area contributed by atoms with Gasteiger partial charge in [0.25, 0.3) is 0 Å². The average Bonchev–Trinajstić information content (AvgIpc) is 2.87. The summed E-state index contributed by atoms with van der Waals surface area (Å²) in [6.45, 7) is 0.992. The zero-order valence-corrected chi connectivity index (χ0v) is 12.3. The van der Waals surface area contributed by atoms with E-state index >= 15 is 0 Å². The van der Waals surface area contributed by atoms with Crippen molar-refractivity contribution in [3.05, 3.63) is 0 Å². The number of carbonyl (C=O) groups excluding carboxylic acids is 1. The Kier molecular flexibility index (Phi) is 3.06. The molecule has 3 saturated carbocycles. The van der Waals surface area contributed by atoms with Crippen molar-refractivity contribution in [2.75, 3.05) is 12.4 Å². The normalized spacial score (nSPS) is 47.3. The molecule has 19 heavy (non-hydrogen) atoms. The second-order valence-electron chi connectivity index (χ2n) is 7.17. The van der Waals surface area contributed by atoms with Crippen molar-refractivity contribution in [3.63, 3.8) is 0 Å². The van der Waals surface area contributed by atoms with Crippen LogP contribution < -0.4 is 0 Å². The van der Waals surface area contributed by atoms with Crippen LogP contribution in [0.25, 0.3) is 0 Å². The molecule has 3 heteroatoms. The van der Waals surface area contributed by atoms with Gasteiger partial charge in [-0.2, -0.15) is 0 Å². The molecule has 4 fully saturated rings. The fourth-order valence-electron chi connectivity index (χ4n) is 5.56. The van der Waals surface area contributed by atoms with Crippen molar-refractivity contribution in [2.45, 2.75) is 51.0 Å². The van der Waals surface area contributed by atoms with E-state index in [0.29, 0.717) is 23.7 Å². The van der Waals surface area contributed by atoms with Gasteiger partial charge in [0.1, 0.15) is 0 Å². The maximum absolute atomic E-state index is 12.9. The molecule has 2 bridgehead atoms. The van der Waals surface area contributed by atoms with E-state index in [0.717, 1.165) is 36.6 Å². The Morgan fingerprint density at radius 1 is 1.11 bits per heavy atom. The lowest BCUT2D eigenvalue weighted by Gasteiger charge is -2.36. The molecule has 0 N–H and O–H groups in total. The largest absolute Gasteiger partial charge is 0.339 e. The molecular weight excluding hydrogens is 258 g/mol. The van der Waals surface area contributed by atoms with E-state index in [-0.39, 0.29) is 0 Å². The molecule has 3 aliphatic carbocycles. The first-order chi connectivity index (χ1) is 9.31. The molecular formula is C16H24ClNO. The van der Waals surface area contributed by atoms with Crippen molar-refractivity contribution >= 4 is 17.5 Å². The third-order valence-electron chi connectivity index (χ3n) is 6.37. The van der Waals surface area contributed by atoms with E-state index in [1.165, 1.54) is 38.5 Å². The summed E-state index contributed by atoms with van der Waals surface area (Å²) in [6, 6.07) is 0.442. The Balaban J connectivity index is 1.45. The molecule has 0 aromatic rings. The summed E-state index contributed by atoms with van der Waals surface area (Å²) in [5, 5.41) is 0. The molecule has 2 nitrogen and oxygen atoms in total. The Labute approximate surface area is 120 Å². The summed E-state index contributed by atoms with van der Waals surface area (Å²) in [5.41, 5.74) is 0. The van der Waals surface area contributed by atoms with Gasteiger partial charge in [-0.15, -0.1) is 11.6 Å². The summed E-state index contributed by atoms with van der Waals surface area (Å²) in [4.78, 5) is 15.1. The lowest BCUT2D eigenvalue weighted by Crippen LogP contribution is -2.45. The molecule has 0 radical (unpaired) electrons. The van der Waals surface area contributed by atoms with Crippen LogP contribution in [-0.4, -0.2) is 29.3 Å². The summed E-state index contributed by atoms with van der Waals surface area (Å²) in [6.07, 6.45) is 8.87. The van der Waals surface area contributed by atoms with Gasteiger partial charge in [0.15, 0.2) is 0 Å². The third kappa shape index (κ3) is 1.86. The van der Waals surface area contributed by atoms with E-state index in [1.54, 1.807) is 0 Å². The molecule has 4 aliphatic rings. The number of amides is 1. The van der Waals surface area contributed by atoms with E-state index in [2.05, 4.69) is 4.90 Å². The summed E-state index contributed by atoms with van der Waals surface area (Å²) in [5.74, 6) is 4.98. The number of hydrogen-bond donors (Lipinski definition) is 0. The van der Waals surface area contributed by atoms with Gasteiger partial charge in [0, 0.05) is 24.4 Å². The Bertz CT molecular complexity index is 367. The number of likely N-dealkylation sites (tertiary alicyclic amines) is 1. The van der Waals surface area contributed by atoms with Gasteiger partial charge in [-0.05, 0) is 68.6 Å². The molecule has 106 valence electrons. The molecule has 0 spiro atoms. The van der Waals surface area contributed by atoms with E-state index < -0.39 is 0 Å². The highest BCUT2D eigenvalue weighted by Gasteiger charge is 2.68. The number of hydrogen-bond acceptors (Lipinski definition) is 1. The number of nitrogens with zero attached hydrogens (tertiary/aromatic N) is 1. The minimum atomic E-state index is 0.419. The maximum Gasteiger partial charge on any atom is 0.226 e. The quantitative estimate of drug-likeness (QED) is 0.727. The lowest BCUT2D eigenvalue weighted by molar-refractivity contribution is -0.137. The van der Waals surface area contributed by atoms with Crippen LogP contribution in [0.4, 0.5) is 0 Å². The zero-order valence-electron chi connectivity index (χ0n) is 11.6. The molecule has 0 aromatic carbocycles. The lowest BCUT2D eigenvalue weighted by atomic mass is 9.96. The van der Waals surface area contributed by atoms with Crippen LogP contribution in [0.2, 0.25) is 0 Å². The standard InChI is InChI=1S/C16H24ClNO/c17-7-6-12-3-1-2-8-18(12)16(19)15-13-10-4-5-11(9-10)14(13)15/h10-15H,1-9H2. The third-order valence-corrected chi connectivity index (χ3v) is 6.59. The smallest absolute Gasteiger partial charge is 0.226 e.